The Bertz CT molecular complexity index is 947. The topological polar surface area (TPSA) is 52.6 Å². The third kappa shape index (κ3) is 3.58. The van der Waals surface area contributed by atoms with Gasteiger partial charge in [0.25, 0.3) is 5.91 Å². The molecule has 3 aliphatic rings. The van der Waals surface area contributed by atoms with E-state index in [1.165, 1.54) is 24.8 Å². The van der Waals surface area contributed by atoms with Gasteiger partial charge in [0.05, 0.1) is 12.2 Å². The highest BCUT2D eigenvalue weighted by Crippen LogP contribution is 2.30. The number of aromatic nitrogens is 2. The number of aryl methyl sites for hydroxylation is 2. The molecule has 158 valence electrons. The van der Waals surface area contributed by atoms with Gasteiger partial charge in [-0.2, -0.15) is 0 Å². The first kappa shape index (κ1) is 19.5. The number of carbonyl (C=O) groups excluding carboxylic acids is 1. The van der Waals surface area contributed by atoms with E-state index in [0.29, 0.717) is 6.54 Å². The molecular formula is C24H31N5O. The first-order valence-electron chi connectivity index (χ1n) is 11.3. The number of nitrogens with zero attached hydrogens (tertiary/aromatic N) is 5. The van der Waals surface area contributed by atoms with Gasteiger partial charge in [0, 0.05) is 49.9 Å². The van der Waals surface area contributed by atoms with Gasteiger partial charge in [-0.25, -0.2) is 9.97 Å². The van der Waals surface area contributed by atoms with E-state index < -0.39 is 0 Å². The number of piperazine rings is 1. The highest BCUT2D eigenvalue weighted by Gasteiger charge is 2.31. The Morgan fingerprint density at radius 3 is 2.57 bits per heavy atom. The second-order valence-electron chi connectivity index (χ2n) is 9.03. The second kappa shape index (κ2) is 7.99. The lowest BCUT2D eigenvalue weighted by atomic mass is 9.91. The molecule has 0 radical (unpaired) electrons. The van der Waals surface area contributed by atoms with Crippen molar-refractivity contribution in [1.29, 1.82) is 0 Å². The normalized spacial score (nSPS) is 20.1. The van der Waals surface area contributed by atoms with Crippen molar-refractivity contribution >= 4 is 11.7 Å². The summed E-state index contributed by atoms with van der Waals surface area (Å²) in [7, 11) is 0. The Morgan fingerprint density at radius 1 is 1.03 bits per heavy atom. The van der Waals surface area contributed by atoms with Crippen molar-refractivity contribution in [2.75, 3.05) is 37.6 Å². The number of carbonyl (C=O) groups is 1. The molecule has 0 atom stereocenters. The van der Waals surface area contributed by atoms with Crippen molar-refractivity contribution in [3.05, 3.63) is 52.5 Å². The summed E-state index contributed by atoms with van der Waals surface area (Å²) in [5.74, 6) is 1.20. The molecule has 0 N–H and O–H groups in total. The Hall–Kier alpha value is -2.47. The molecule has 1 saturated heterocycles. The van der Waals surface area contributed by atoms with Gasteiger partial charge in [0.1, 0.15) is 12.1 Å². The Morgan fingerprint density at radius 2 is 1.83 bits per heavy atom. The molecule has 0 spiro atoms. The highest BCUT2D eigenvalue weighted by molar-refractivity contribution is 5.96. The van der Waals surface area contributed by atoms with E-state index in [4.69, 9.17) is 0 Å². The monoisotopic (exact) mass is 405 g/mol. The van der Waals surface area contributed by atoms with E-state index in [1.807, 2.05) is 30.9 Å². The minimum absolute atomic E-state index is 0.108. The Labute approximate surface area is 178 Å². The first-order chi connectivity index (χ1) is 14.6. The Balaban J connectivity index is 1.31. The van der Waals surface area contributed by atoms with Crippen LogP contribution < -0.4 is 4.90 Å². The predicted molar refractivity (Wildman–Crippen MR) is 118 cm³/mol. The number of rotatable bonds is 3. The van der Waals surface area contributed by atoms with Crippen LogP contribution in [0, 0.1) is 13.8 Å². The lowest BCUT2D eigenvalue weighted by Crippen LogP contribution is -2.52. The fraction of sp³-hybridized carbons (Fsp3) is 0.542. The zero-order valence-electron chi connectivity index (χ0n) is 18.1. The van der Waals surface area contributed by atoms with Crippen LogP contribution in [0.25, 0.3) is 0 Å². The van der Waals surface area contributed by atoms with Crippen LogP contribution in [-0.2, 0) is 13.0 Å². The summed E-state index contributed by atoms with van der Waals surface area (Å²) in [5, 5.41) is 0. The molecule has 0 unspecified atom stereocenters. The fourth-order valence-electron chi connectivity index (χ4n) is 4.97. The molecule has 6 nitrogen and oxygen atoms in total. The molecule has 30 heavy (non-hydrogen) atoms. The fourth-order valence-corrected chi connectivity index (χ4v) is 4.97. The average molecular weight is 406 g/mol. The number of amides is 1. The number of hydrogen-bond acceptors (Lipinski definition) is 5. The van der Waals surface area contributed by atoms with Crippen molar-refractivity contribution < 1.29 is 4.79 Å². The molecule has 1 saturated carbocycles. The van der Waals surface area contributed by atoms with Crippen molar-refractivity contribution in [3.8, 4) is 0 Å². The molecule has 3 heterocycles. The highest BCUT2D eigenvalue weighted by atomic mass is 16.2. The molecule has 1 amide bonds. The van der Waals surface area contributed by atoms with Crippen molar-refractivity contribution in [2.45, 2.75) is 52.1 Å². The van der Waals surface area contributed by atoms with Crippen LogP contribution in [0.1, 0.15) is 52.0 Å². The van der Waals surface area contributed by atoms with E-state index in [0.717, 1.165) is 73.4 Å². The minimum Gasteiger partial charge on any atom is -0.354 e. The zero-order valence-corrected chi connectivity index (χ0v) is 18.1. The molecule has 0 bridgehead atoms. The van der Waals surface area contributed by atoms with Crippen LogP contribution in [0.15, 0.2) is 24.5 Å². The third-order valence-corrected chi connectivity index (χ3v) is 7.10. The summed E-state index contributed by atoms with van der Waals surface area (Å²) in [6, 6.07) is 6.91. The van der Waals surface area contributed by atoms with Gasteiger partial charge in [-0.15, -0.1) is 0 Å². The summed E-state index contributed by atoms with van der Waals surface area (Å²) in [6.45, 7) is 9.65. The van der Waals surface area contributed by atoms with Crippen molar-refractivity contribution in [2.24, 2.45) is 0 Å². The van der Waals surface area contributed by atoms with Crippen LogP contribution in [-0.4, -0.2) is 64.4 Å². The summed E-state index contributed by atoms with van der Waals surface area (Å²) in [6.07, 6.45) is 6.63. The predicted octanol–water partition coefficient (Wildman–Crippen LogP) is 2.97. The molecule has 1 aliphatic carbocycles. The lowest BCUT2D eigenvalue weighted by molar-refractivity contribution is 0.0731. The van der Waals surface area contributed by atoms with E-state index in [1.54, 1.807) is 6.33 Å². The van der Waals surface area contributed by atoms with Gasteiger partial charge in [-0.1, -0.05) is 24.1 Å². The smallest absolute Gasteiger partial charge is 0.254 e. The zero-order chi connectivity index (χ0) is 20.7. The number of hydrogen-bond donors (Lipinski definition) is 0. The van der Waals surface area contributed by atoms with Gasteiger partial charge in [-0.05, 0) is 44.7 Å². The molecule has 1 aromatic heterocycles. The van der Waals surface area contributed by atoms with Crippen LogP contribution >= 0.6 is 0 Å². The van der Waals surface area contributed by atoms with Crippen molar-refractivity contribution in [1.82, 2.24) is 19.8 Å². The van der Waals surface area contributed by atoms with Gasteiger partial charge < -0.3 is 9.80 Å². The SMILES string of the molecule is Cc1ccc(C)c(C(=O)N2CCc3c(ncnc3N3CCN(C4CCC4)CC3)C2)c1. The van der Waals surface area contributed by atoms with Crippen LogP contribution in [0.5, 0.6) is 0 Å². The molecular weight excluding hydrogens is 374 g/mol. The van der Waals surface area contributed by atoms with Gasteiger partial charge >= 0.3 is 0 Å². The largest absolute Gasteiger partial charge is 0.354 e. The quantitative estimate of drug-likeness (QED) is 0.786. The van der Waals surface area contributed by atoms with Gasteiger partial charge in [-0.3, -0.25) is 9.69 Å². The standard InChI is InChI=1S/C24H31N5O/c1-17-6-7-18(2)21(14-17)24(30)29-9-8-20-22(15-29)25-16-26-23(20)28-12-10-27(11-13-28)19-4-3-5-19/h6-7,14,16,19H,3-5,8-13,15H2,1-2H3. The molecule has 6 heteroatoms. The third-order valence-electron chi connectivity index (χ3n) is 7.10. The Kier molecular flexibility index (Phi) is 5.19. The van der Waals surface area contributed by atoms with Gasteiger partial charge in [0.15, 0.2) is 0 Å². The summed E-state index contributed by atoms with van der Waals surface area (Å²) in [4.78, 5) is 29.4. The maximum absolute atomic E-state index is 13.2. The van der Waals surface area contributed by atoms with E-state index in [9.17, 15) is 4.79 Å². The van der Waals surface area contributed by atoms with Crippen LogP contribution in [0.3, 0.4) is 0 Å². The summed E-state index contributed by atoms with van der Waals surface area (Å²) >= 11 is 0. The van der Waals surface area contributed by atoms with Crippen LogP contribution in [0.4, 0.5) is 5.82 Å². The lowest BCUT2D eigenvalue weighted by Gasteiger charge is -2.43. The maximum Gasteiger partial charge on any atom is 0.254 e. The number of benzene rings is 1. The summed E-state index contributed by atoms with van der Waals surface area (Å²) < 4.78 is 0. The average Bonchev–Trinajstić information content (AvgIpc) is 2.73. The first-order valence-corrected chi connectivity index (χ1v) is 11.3. The minimum atomic E-state index is 0.108. The van der Waals surface area contributed by atoms with Crippen LogP contribution in [0.2, 0.25) is 0 Å². The number of anilines is 1. The maximum atomic E-state index is 13.2. The molecule has 2 fully saturated rings. The van der Waals surface area contributed by atoms with E-state index in [2.05, 4.69) is 25.8 Å². The molecule has 2 aromatic rings. The summed E-state index contributed by atoms with van der Waals surface area (Å²) in [5.41, 5.74) is 5.20. The molecule has 1 aromatic carbocycles. The molecule has 5 rings (SSSR count). The second-order valence-corrected chi connectivity index (χ2v) is 9.03. The van der Waals surface area contributed by atoms with E-state index >= 15 is 0 Å². The van der Waals surface area contributed by atoms with Gasteiger partial charge in [0.2, 0.25) is 0 Å². The van der Waals surface area contributed by atoms with E-state index in [-0.39, 0.29) is 5.91 Å². The number of fused-ring (bicyclic) bond motifs is 1. The van der Waals surface area contributed by atoms with Crippen molar-refractivity contribution in [3.63, 3.8) is 0 Å². The molecule has 2 aliphatic heterocycles.